The maximum atomic E-state index is 10.9. The molecule has 0 bridgehead atoms. The van der Waals surface area contributed by atoms with E-state index in [2.05, 4.69) is 15.3 Å². The minimum atomic E-state index is -0.320. The monoisotopic (exact) mass is 156 g/mol. The Balaban J connectivity index is 2.53. The fourth-order valence-corrected chi connectivity index (χ4v) is 0.969. The van der Waals surface area contributed by atoms with Crippen molar-refractivity contribution in [1.29, 1.82) is 0 Å². The number of hydrogen-bond donors (Lipinski definition) is 1. The average molecular weight is 156 g/mol. The van der Waals surface area contributed by atoms with Crippen molar-refractivity contribution >= 4 is 11.7 Å². The highest BCUT2D eigenvalue weighted by Crippen LogP contribution is 2.01. The molecule has 1 aliphatic rings. The van der Waals surface area contributed by atoms with Gasteiger partial charge in [0.15, 0.2) is 0 Å². The highest BCUT2D eigenvalue weighted by Gasteiger charge is 2.12. The number of rotatable bonds is 1. The van der Waals surface area contributed by atoms with E-state index in [9.17, 15) is 4.79 Å². The zero-order chi connectivity index (χ0) is 8.10. The molecule has 62 valence electrons. The van der Waals surface area contributed by atoms with Crippen LogP contribution >= 0.6 is 0 Å². The molecule has 0 fully saturated rings. The van der Waals surface area contributed by atoms with E-state index in [1.807, 2.05) is 0 Å². The molecule has 0 saturated heterocycles. The first-order valence-electron chi connectivity index (χ1n) is 3.72. The van der Waals surface area contributed by atoms with Gasteiger partial charge in [0.2, 0.25) is 0 Å². The normalized spacial score (nSPS) is 17.7. The van der Waals surface area contributed by atoms with E-state index in [-0.39, 0.29) is 5.97 Å². The predicted octanol–water partition coefficient (Wildman–Crippen LogP) is 0.289. The van der Waals surface area contributed by atoms with E-state index < -0.39 is 0 Å². The van der Waals surface area contributed by atoms with Crippen molar-refractivity contribution < 1.29 is 9.53 Å². The Hall–Kier alpha value is -1.06. The van der Waals surface area contributed by atoms with Crippen LogP contribution in [0.25, 0.3) is 0 Å². The van der Waals surface area contributed by atoms with E-state index in [4.69, 9.17) is 0 Å². The average Bonchev–Trinajstić information content (AvgIpc) is 2.30. The van der Waals surface area contributed by atoms with Gasteiger partial charge < -0.3 is 10.2 Å². The summed E-state index contributed by atoms with van der Waals surface area (Å²) < 4.78 is 4.54. The quantitative estimate of drug-likeness (QED) is 0.555. The summed E-state index contributed by atoms with van der Waals surface area (Å²) in [6.07, 6.45) is 2.78. The second-order valence-electron chi connectivity index (χ2n) is 2.42. The van der Waals surface area contributed by atoms with Gasteiger partial charge in [0.25, 0.3) is 0 Å². The number of hydrogen-bond acceptors (Lipinski definition) is 4. The largest absolute Gasteiger partial charge is 0.464 e. The zero-order valence-electron chi connectivity index (χ0n) is 6.59. The predicted molar refractivity (Wildman–Crippen MR) is 41.3 cm³/mol. The molecule has 1 rings (SSSR count). The van der Waals surface area contributed by atoms with Crippen LogP contribution < -0.4 is 5.43 Å². The minimum Gasteiger partial charge on any atom is -0.464 e. The third-order valence-corrected chi connectivity index (χ3v) is 1.59. The smallest absolute Gasteiger partial charge is 0.354 e. The lowest BCUT2D eigenvalue weighted by atomic mass is 10.2. The van der Waals surface area contributed by atoms with Gasteiger partial charge in [-0.15, -0.1) is 0 Å². The van der Waals surface area contributed by atoms with Gasteiger partial charge in [-0.2, -0.15) is 5.10 Å². The number of hydrazone groups is 1. The molecular formula is C7H12N2O2. The van der Waals surface area contributed by atoms with Crippen molar-refractivity contribution in [3.63, 3.8) is 0 Å². The first kappa shape index (κ1) is 8.04. The Morgan fingerprint density at radius 2 is 2.45 bits per heavy atom. The summed E-state index contributed by atoms with van der Waals surface area (Å²) in [5.74, 6) is -0.320. The van der Waals surface area contributed by atoms with Crippen LogP contribution in [-0.4, -0.2) is 25.3 Å². The second-order valence-corrected chi connectivity index (χ2v) is 2.42. The molecule has 0 aromatic carbocycles. The van der Waals surface area contributed by atoms with E-state index in [1.165, 1.54) is 7.11 Å². The standard InChI is InChI=1S/C7H12N2O2/c1-11-7(10)6-4-2-3-5-8-9-6/h8H,2-5H2,1H3. The molecule has 0 aromatic rings. The highest BCUT2D eigenvalue weighted by atomic mass is 16.5. The minimum absolute atomic E-state index is 0.320. The van der Waals surface area contributed by atoms with Gasteiger partial charge in [0, 0.05) is 6.54 Å². The number of nitrogens with zero attached hydrogens (tertiary/aromatic N) is 1. The number of esters is 1. The van der Waals surface area contributed by atoms with Crippen molar-refractivity contribution in [3.05, 3.63) is 0 Å². The summed E-state index contributed by atoms with van der Waals surface area (Å²) in [6, 6.07) is 0. The fourth-order valence-electron chi connectivity index (χ4n) is 0.969. The Labute approximate surface area is 65.6 Å². The Bertz CT molecular complexity index is 177. The number of nitrogens with one attached hydrogen (secondary N) is 1. The molecular weight excluding hydrogens is 144 g/mol. The SMILES string of the molecule is COC(=O)C1=NNCCCC1. The van der Waals surface area contributed by atoms with Crippen LogP contribution in [0.5, 0.6) is 0 Å². The lowest BCUT2D eigenvalue weighted by molar-refractivity contribution is -0.132. The Kier molecular flexibility index (Phi) is 2.89. The van der Waals surface area contributed by atoms with Crippen molar-refractivity contribution in [3.8, 4) is 0 Å². The zero-order valence-corrected chi connectivity index (χ0v) is 6.59. The molecule has 1 heterocycles. The maximum absolute atomic E-state index is 10.9. The molecule has 0 amide bonds. The van der Waals surface area contributed by atoms with Gasteiger partial charge in [-0.25, -0.2) is 4.79 Å². The van der Waals surface area contributed by atoms with Crippen LogP contribution in [-0.2, 0) is 9.53 Å². The molecule has 1 aliphatic heterocycles. The van der Waals surface area contributed by atoms with Crippen molar-refractivity contribution in [1.82, 2.24) is 5.43 Å². The molecule has 4 nitrogen and oxygen atoms in total. The fraction of sp³-hybridized carbons (Fsp3) is 0.714. The first-order valence-corrected chi connectivity index (χ1v) is 3.72. The number of ether oxygens (including phenoxy) is 1. The molecule has 0 aliphatic carbocycles. The lowest BCUT2D eigenvalue weighted by Crippen LogP contribution is -2.17. The van der Waals surface area contributed by atoms with Crippen LogP contribution in [0.2, 0.25) is 0 Å². The second kappa shape index (κ2) is 3.95. The third-order valence-electron chi connectivity index (χ3n) is 1.59. The van der Waals surface area contributed by atoms with Gasteiger partial charge >= 0.3 is 5.97 Å². The molecule has 0 spiro atoms. The van der Waals surface area contributed by atoms with Gasteiger partial charge in [0.1, 0.15) is 5.71 Å². The topological polar surface area (TPSA) is 50.7 Å². The first-order chi connectivity index (χ1) is 5.34. The molecule has 1 N–H and O–H groups in total. The molecule has 11 heavy (non-hydrogen) atoms. The van der Waals surface area contributed by atoms with Crippen LogP contribution in [0, 0.1) is 0 Å². The van der Waals surface area contributed by atoms with Gasteiger partial charge in [-0.1, -0.05) is 0 Å². The van der Waals surface area contributed by atoms with E-state index in [1.54, 1.807) is 0 Å². The summed E-state index contributed by atoms with van der Waals surface area (Å²) in [7, 11) is 1.37. The molecule has 0 aromatic heterocycles. The summed E-state index contributed by atoms with van der Waals surface area (Å²) in [6.45, 7) is 0.848. The lowest BCUT2D eigenvalue weighted by Gasteiger charge is -1.98. The summed E-state index contributed by atoms with van der Waals surface area (Å²) in [5, 5.41) is 3.89. The molecule has 0 unspecified atom stereocenters. The van der Waals surface area contributed by atoms with Gasteiger partial charge in [0.05, 0.1) is 7.11 Å². The van der Waals surface area contributed by atoms with E-state index >= 15 is 0 Å². The van der Waals surface area contributed by atoms with E-state index in [0.29, 0.717) is 5.71 Å². The summed E-state index contributed by atoms with van der Waals surface area (Å²) in [4.78, 5) is 10.9. The van der Waals surface area contributed by atoms with Crippen LogP contribution in [0.3, 0.4) is 0 Å². The summed E-state index contributed by atoms with van der Waals surface area (Å²) in [5.41, 5.74) is 3.30. The number of methoxy groups -OCH3 is 1. The summed E-state index contributed by atoms with van der Waals surface area (Å²) >= 11 is 0. The van der Waals surface area contributed by atoms with Crippen molar-refractivity contribution in [2.45, 2.75) is 19.3 Å². The molecule has 4 heteroatoms. The van der Waals surface area contributed by atoms with Gasteiger partial charge in [-0.05, 0) is 19.3 Å². The molecule has 0 radical (unpaired) electrons. The molecule has 0 atom stereocenters. The Morgan fingerprint density at radius 1 is 1.64 bits per heavy atom. The number of carbonyl (C=O) groups excluding carboxylic acids is 1. The van der Waals surface area contributed by atoms with Crippen molar-refractivity contribution in [2.24, 2.45) is 5.10 Å². The van der Waals surface area contributed by atoms with E-state index in [0.717, 1.165) is 25.8 Å². The van der Waals surface area contributed by atoms with Crippen LogP contribution in [0.15, 0.2) is 5.10 Å². The molecule has 0 saturated carbocycles. The van der Waals surface area contributed by atoms with Crippen molar-refractivity contribution in [2.75, 3.05) is 13.7 Å². The number of carbonyl (C=O) groups is 1. The maximum Gasteiger partial charge on any atom is 0.354 e. The third kappa shape index (κ3) is 2.22. The highest BCUT2D eigenvalue weighted by molar-refractivity contribution is 6.36. The Morgan fingerprint density at radius 3 is 3.18 bits per heavy atom. The van der Waals surface area contributed by atoms with Crippen LogP contribution in [0.4, 0.5) is 0 Å². The van der Waals surface area contributed by atoms with Crippen LogP contribution in [0.1, 0.15) is 19.3 Å². The van der Waals surface area contributed by atoms with Gasteiger partial charge in [-0.3, -0.25) is 0 Å².